The first-order chi connectivity index (χ1) is 10.8. The topological polar surface area (TPSA) is 27.7 Å². The molecule has 0 fully saturated rings. The summed E-state index contributed by atoms with van der Waals surface area (Å²) >= 11 is 3.47. The van der Waals surface area contributed by atoms with Crippen LogP contribution in [0, 0.1) is 0 Å². The molecule has 1 atom stereocenters. The zero-order valence-corrected chi connectivity index (χ0v) is 15.4. The molecule has 0 saturated heterocycles. The van der Waals surface area contributed by atoms with Crippen LogP contribution in [0.2, 0.25) is 0 Å². The van der Waals surface area contributed by atoms with Crippen molar-refractivity contribution >= 4 is 15.9 Å². The Labute approximate surface area is 143 Å². The van der Waals surface area contributed by atoms with Crippen LogP contribution in [0.25, 0.3) is 0 Å². The highest BCUT2D eigenvalue weighted by Crippen LogP contribution is 2.15. The van der Waals surface area contributed by atoms with E-state index in [1.165, 1.54) is 44.1 Å². The summed E-state index contributed by atoms with van der Waals surface area (Å²) in [5.41, 5.74) is 1.37. The van der Waals surface area contributed by atoms with Crippen LogP contribution in [0.5, 0.6) is 5.75 Å². The molecule has 0 aliphatic rings. The number of unbranched alkanes of at least 4 members (excludes halogenated alkanes) is 5. The molecule has 0 heterocycles. The van der Waals surface area contributed by atoms with Gasteiger partial charge in [-0.1, -0.05) is 53.7 Å². The number of hydrogen-bond acceptors (Lipinski definition) is 3. The molecule has 0 spiro atoms. The van der Waals surface area contributed by atoms with E-state index in [1.54, 1.807) is 7.11 Å². The van der Waals surface area contributed by atoms with Gasteiger partial charge in [-0.15, -0.1) is 0 Å². The fourth-order valence-corrected chi connectivity index (χ4v) is 2.55. The third kappa shape index (κ3) is 9.44. The van der Waals surface area contributed by atoms with Gasteiger partial charge in [-0.25, -0.2) is 0 Å². The normalized spacial score (nSPS) is 12.3. The molecule has 1 unspecified atom stereocenters. The average molecular weight is 373 g/mol. The lowest BCUT2D eigenvalue weighted by molar-refractivity contribution is -0.149. The molecule has 3 nitrogen and oxygen atoms in total. The molecule has 1 aromatic carbocycles. The maximum Gasteiger partial charge on any atom is 0.191 e. The number of rotatable bonds is 13. The summed E-state index contributed by atoms with van der Waals surface area (Å²) in [4.78, 5) is 0. The standard InChI is InChI=1S/C18H29BrO3/c1-16(20-2)21-15-22-18-12-10-17(11-13-18)9-7-5-3-4-6-8-14-19/h10-13,16H,3-9,14-15H2,1-2H3. The number of benzene rings is 1. The molecule has 0 bridgehead atoms. The Hall–Kier alpha value is -0.580. The molecule has 1 aromatic rings. The van der Waals surface area contributed by atoms with Gasteiger partial charge in [-0.2, -0.15) is 0 Å². The number of methoxy groups -OCH3 is 1. The van der Waals surface area contributed by atoms with Gasteiger partial charge >= 0.3 is 0 Å². The molecule has 0 aromatic heterocycles. The third-order valence-corrected chi connectivity index (χ3v) is 4.19. The lowest BCUT2D eigenvalue weighted by Crippen LogP contribution is -2.14. The Morgan fingerprint density at radius 3 is 2.23 bits per heavy atom. The van der Waals surface area contributed by atoms with Gasteiger partial charge in [0.25, 0.3) is 0 Å². The van der Waals surface area contributed by atoms with Gasteiger partial charge in [0.2, 0.25) is 0 Å². The number of halogens is 1. The minimum absolute atomic E-state index is 0.211. The first kappa shape index (κ1) is 19.5. The van der Waals surface area contributed by atoms with E-state index in [2.05, 4.69) is 28.1 Å². The second-order valence-corrected chi connectivity index (χ2v) is 6.23. The Kier molecular flexibility index (Phi) is 11.4. The summed E-state index contributed by atoms with van der Waals surface area (Å²) in [5, 5.41) is 1.14. The zero-order chi connectivity index (χ0) is 16.0. The molecule has 0 aliphatic carbocycles. The van der Waals surface area contributed by atoms with Crippen molar-refractivity contribution in [3.63, 3.8) is 0 Å². The zero-order valence-electron chi connectivity index (χ0n) is 13.9. The van der Waals surface area contributed by atoms with Gasteiger partial charge in [0.1, 0.15) is 5.75 Å². The Bertz CT molecular complexity index is 367. The van der Waals surface area contributed by atoms with Crippen LogP contribution in [-0.2, 0) is 15.9 Å². The predicted octanol–water partition coefficient (Wildman–Crippen LogP) is 5.31. The summed E-state index contributed by atoms with van der Waals surface area (Å²) < 4.78 is 15.8. The smallest absolute Gasteiger partial charge is 0.191 e. The fraction of sp³-hybridized carbons (Fsp3) is 0.667. The van der Waals surface area contributed by atoms with Crippen LogP contribution in [0.4, 0.5) is 0 Å². The highest BCUT2D eigenvalue weighted by Gasteiger charge is 2.00. The number of ether oxygens (including phenoxy) is 3. The van der Waals surface area contributed by atoms with E-state index in [0.29, 0.717) is 0 Å². The third-order valence-electron chi connectivity index (χ3n) is 3.63. The molecule has 0 aliphatic heterocycles. The van der Waals surface area contributed by atoms with Gasteiger partial charge in [0, 0.05) is 12.4 Å². The largest absolute Gasteiger partial charge is 0.467 e. The van der Waals surface area contributed by atoms with Crippen molar-refractivity contribution in [2.75, 3.05) is 19.2 Å². The van der Waals surface area contributed by atoms with Gasteiger partial charge in [0.05, 0.1) is 0 Å². The van der Waals surface area contributed by atoms with Gasteiger partial charge in [0.15, 0.2) is 13.1 Å². The number of alkyl halides is 1. The Balaban J connectivity index is 2.11. The van der Waals surface area contributed by atoms with E-state index in [4.69, 9.17) is 14.2 Å². The SMILES string of the molecule is COC(C)OCOc1ccc(CCCCCCCCBr)cc1. The summed E-state index contributed by atoms with van der Waals surface area (Å²) in [6.45, 7) is 2.05. The van der Waals surface area contributed by atoms with E-state index in [9.17, 15) is 0 Å². The van der Waals surface area contributed by atoms with Crippen LogP contribution >= 0.6 is 15.9 Å². The maximum absolute atomic E-state index is 5.51. The van der Waals surface area contributed by atoms with E-state index in [1.807, 2.05) is 19.1 Å². The average Bonchev–Trinajstić information content (AvgIpc) is 2.55. The molecule has 0 amide bonds. The van der Waals surface area contributed by atoms with Crippen molar-refractivity contribution in [1.82, 2.24) is 0 Å². The van der Waals surface area contributed by atoms with Gasteiger partial charge in [-0.05, 0) is 43.9 Å². The summed E-state index contributed by atoms with van der Waals surface area (Å²) in [6.07, 6.45) is 8.85. The van der Waals surface area contributed by atoms with Gasteiger partial charge < -0.3 is 14.2 Å². The van der Waals surface area contributed by atoms with Crippen LogP contribution in [0.1, 0.15) is 51.0 Å². The second-order valence-electron chi connectivity index (χ2n) is 5.44. The van der Waals surface area contributed by atoms with E-state index < -0.39 is 0 Å². The first-order valence-corrected chi connectivity index (χ1v) is 9.30. The molecule has 0 N–H and O–H groups in total. The summed E-state index contributed by atoms with van der Waals surface area (Å²) in [6, 6.07) is 8.29. The lowest BCUT2D eigenvalue weighted by atomic mass is 10.0. The minimum atomic E-state index is -0.242. The van der Waals surface area contributed by atoms with E-state index >= 15 is 0 Å². The van der Waals surface area contributed by atoms with Crippen LogP contribution < -0.4 is 4.74 Å². The second kappa shape index (κ2) is 12.9. The Morgan fingerprint density at radius 1 is 0.955 bits per heavy atom. The van der Waals surface area contributed by atoms with Crippen molar-refractivity contribution < 1.29 is 14.2 Å². The molecule has 4 heteroatoms. The quantitative estimate of drug-likeness (QED) is 0.266. The number of hydrogen-bond donors (Lipinski definition) is 0. The van der Waals surface area contributed by atoms with Crippen LogP contribution in [-0.4, -0.2) is 25.5 Å². The molecular weight excluding hydrogens is 344 g/mol. The van der Waals surface area contributed by atoms with Crippen molar-refractivity contribution in [2.24, 2.45) is 0 Å². The number of aryl methyl sites for hydroxylation is 1. The van der Waals surface area contributed by atoms with Crippen LogP contribution in [0.3, 0.4) is 0 Å². The molecule has 126 valence electrons. The van der Waals surface area contributed by atoms with Crippen molar-refractivity contribution in [1.29, 1.82) is 0 Å². The first-order valence-electron chi connectivity index (χ1n) is 8.18. The minimum Gasteiger partial charge on any atom is -0.467 e. The molecule has 0 radical (unpaired) electrons. The predicted molar refractivity (Wildman–Crippen MR) is 94.7 cm³/mol. The maximum atomic E-state index is 5.51. The summed E-state index contributed by atoms with van der Waals surface area (Å²) in [7, 11) is 1.61. The Morgan fingerprint density at radius 2 is 1.59 bits per heavy atom. The van der Waals surface area contributed by atoms with Crippen molar-refractivity contribution in [3.8, 4) is 5.75 Å². The molecule has 22 heavy (non-hydrogen) atoms. The monoisotopic (exact) mass is 372 g/mol. The van der Waals surface area contributed by atoms with Crippen molar-refractivity contribution in [3.05, 3.63) is 29.8 Å². The highest BCUT2D eigenvalue weighted by atomic mass is 79.9. The van der Waals surface area contributed by atoms with E-state index in [-0.39, 0.29) is 13.1 Å². The highest BCUT2D eigenvalue weighted by molar-refractivity contribution is 9.09. The lowest BCUT2D eigenvalue weighted by Gasteiger charge is -2.12. The molecule has 0 saturated carbocycles. The fourth-order valence-electron chi connectivity index (χ4n) is 2.15. The van der Waals surface area contributed by atoms with Crippen LogP contribution in [0.15, 0.2) is 24.3 Å². The molecular formula is C18H29BrO3. The summed E-state index contributed by atoms with van der Waals surface area (Å²) in [5.74, 6) is 0.835. The van der Waals surface area contributed by atoms with Gasteiger partial charge in [-0.3, -0.25) is 0 Å². The molecule has 1 rings (SSSR count). The van der Waals surface area contributed by atoms with Crippen molar-refractivity contribution in [2.45, 2.75) is 58.2 Å². The van der Waals surface area contributed by atoms with E-state index in [0.717, 1.165) is 17.5 Å².